The number of phenolic OH excluding ortho intramolecular Hbond substituents is 2. The number of aliphatic hydroxyl groups excluding tert-OH is 7. The van der Waals surface area contributed by atoms with E-state index in [1.54, 1.807) is 0 Å². The van der Waals surface area contributed by atoms with Gasteiger partial charge in [0.05, 0.1) is 52.7 Å². The van der Waals surface area contributed by atoms with E-state index in [0.717, 1.165) is 24.3 Å². The number of carboxylic acids is 2. The van der Waals surface area contributed by atoms with Crippen molar-refractivity contribution in [1.29, 1.82) is 0 Å². The van der Waals surface area contributed by atoms with Crippen molar-refractivity contribution in [3.8, 4) is 17.2 Å². The van der Waals surface area contributed by atoms with Gasteiger partial charge in [0, 0.05) is 11.8 Å². The third kappa shape index (κ3) is 6.61. The van der Waals surface area contributed by atoms with Gasteiger partial charge in [-0.15, -0.1) is 0 Å². The predicted octanol–water partition coefficient (Wildman–Crippen LogP) is -0.697. The predicted molar refractivity (Wildman–Crippen MR) is 205 cm³/mol. The average Bonchev–Trinajstić information content (AvgIpc) is 3.55. The fraction of sp³-hybridized carbons (Fsp3) is 0.349. The number of Topliss-reactive ketones (excluding diaryl/α,β-unsaturated/α-hetero) is 1. The highest BCUT2D eigenvalue weighted by atomic mass is 16.7. The zero-order chi connectivity index (χ0) is 44.9. The number of ketones is 2. The SMILES string of the molecule is O=C(O)c1cc(O)c2c(c1)C(C1c3cc(C(=O)O)cc(O)c3C(=O)c3c(OC4OC(CO)C(O)C(O)C4O)cccc31)C1=C(C2=O)C2=CC(C=C1)OC1C(O2)OC(CO)C(O)C1O. The molecule has 330 valence electrons. The van der Waals surface area contributed by atoms with E-state index in [4.69, 9.17) is 23.7 Å². The van der Waals surface area contributed by atoms with Crippen molar-refractivity contribution < 1.29 is 99.0 Å². The molecule has 9 rings (SSSR count). The summed E-state index contributed by atoms with van der Waals surface area (Å²) in [5.74, 6) is -9.80. The monoisotopic (exact) mass is 874 g/mol. The van der Waals surface area contributed by atoms with E-state index in [9.17, 15) is 75.3 Å². The van der Waals surface area contributed by atoms with Crippen molar-refractivity contribution in [3.63, 3.8) is 0 Å². The van der Waals surface area contributed by atoms with E-state index in [2.05, 4.69) is 0 Å². The number of ether oxygens (including phenoxy) is 5. The molecule has 0 amide bonds. The highest BCUT2D eigenvalue weighted by Crippen LogP contribution is 2.57. The van der Waals surface area contributed by atoms with Crippen LogP contribution in [0.15, 0.2) is 77.6 Å². The molecule has 0 saturated carbocycles. The zero-order valence-electron chi connectivity index (χ0n) is 32.3. The van der Waals surface area contributed by atoms with Gasteiger partial charge in [0.25, 0.3) is 0 Å². The summed E-state index contributed by atoms with van der Waals surface area (Å²) < 4.78 is 29.7. The van der Waals surface area contributed by atoms with Gasteiger partial charge in [-0.1, -0.05) is 24.3 Å². The first kappa shape index (κ1) is 42.3. The number of hydrogen-bond acceptors (Lipinski definition) is 18. The van der Waals surface area contributed by atoms with Crippen molar-refractivity contribution >= 4 is 23.5 Å². The number of carbonyl (C=O) groups is 4. The summed E-state index contributed by atoms with van der Waals surface area (Å²) in [6.45, 7) is -1.56. The second-order valence-corrected chi connectivity index (χ2v) is 15.8. The normalized spacial score (nSPS) is 33.0. The van der Waals surface area contributed by atoms with Crippen molar-refractivity contribution in [2.24, 2.45) is 0 Å². The number of rotatable bonds is 7. The largest absolute Gasteiger partial charge is 0.507 e. The summed E-state index contributed by atoms with van der Waals surface area (Å²) in [4.78, 5) is 54.7. The molecular formula is C43H38O20. The van der Waals surface area contributed by atoms with Crippen LogP contribution in [0.5, 0.6) is 17.2 Å². The topological polar surface area (TPSA) is 337 Å². The summed E-state index contributed by atoms with van der Waals surface area (Å²) in [5, 5.41) is 117. The van der Waals surface area contributed by atoms with Gasteiger partial charge in [-0.3, -0.25) is 9.59 Å². The van der Waals surface area contributed by atoms with E-state index >= 15 is 0 Å². The van der Waals surface area contributed by atoms with Crippen LogP contribution in [-0.2, 0) is 18.9 Å². The van der Waals surface area contributed by atoms with Crippen LogP contribution in [0.25, 0.3) is 0 Å². The lowest BCUT2D eigenvalue weighted by Gasteiger charge is -2.42. The minimum atomic E-state index is -1.94. The standard InChI is InChI=1S/C43H38O20/c44-11-24-32(48)36(52)38(54)42(62-24)60-22-3-1-2-16-26(18-6-13(40(55)56)8-20(46)28(18)34(50)30(16)22)27-17-5-4-15-10-23(61-43-39(59-15)37(53)33(49)25(12-45)63-43)31(17)35(51)29-19(27)7-14(41(57)58)9-21(29)47/h1-10,15,24-27,32-33,36-39,42-49,52-54H,11-12H2,(H,55,56)(H,57,58). The Labute approximate surface area is 354 Å². The average molecular weight is 875 g/mol. The van der Waals surface area contributed by atoms with Crippen molar-refractivity contribution in [3.05, 3.63) is 122 Å². The zero-order valence-corrected chi connectivity index (χ0v) is 32.3. The van der Waals surface area contributed by atoms with Gasteiger partial charge in [-0.05, 0) is 58.7 Å². The van der Waals surface area contributed by atoms with Crippen LogP contribution >= 0.6 is 0 Å². The lowest BCUT2D eigenvalue weighted by molar-refractivity contribution is -0.297. The lowest BCUT2D eigenvalue weighted by atomic mass is 9.63. The van der Waals surface area contributed by atoms with Gasteiger partial charge >= 0.3 is 11.9 Å². The molecule has 0 radical (unpaired) electrons. The molecule has 3 aromatic rings. The van der Waals surface area contributed by atoms with Crippen LogP contribution in [0.4, 0.5) is 0 Å². The molecule has 3 aliphatic heterocycles. The summed E-state index contributed by atoms with van der Waals surface area (Å²) in [6, 6.07) is 8.04. The van der Waals surface area contributed by atoms with Gasteiger partial charge < -0.3 is 79.9 Å². The number of allylic oxidation sites excluding steroid dienone is 3. The Bertz CT molecular complexity index is 2560. The van der Waals surface area contributed by atoms with Gasteiger partial charge in [-0.2, -0.15) is 0 Å². The summed E-state index contributed by atoms with van der Waals surface area (Å²) in [7, 11) is 0. The first-order valence-electron chi connectivity index (χ1n) is 19.5. The first-order valence-corrected chi connectivity index (χ1v) is 19.5. The molecule has 0 aromatic heterocycles. The minimum absolute atomic E-state index is 0.0245. The van der Waals surface area contributed by atoms with Crippen molar-refractivity contribution in [2.45, 2.75) is 79.4 Å². The molecule has 2 saturated heterocycles. The Balaban J connectivity index is 1.29. The van der Waals surface area contributed by atoms with E-state index in [1.807, 2.05) is 0 Å². The molecule has 2 fully saturated rings. The number of carboxylic acid groups (broad SMARTS) is 2. The summed E-state index contributed by atoms with van der Waals surface area (Å²) in [6.07, 6.45) is -13.2. The van der Waals surface area contributed by atoms with Crippen molar-refractivity contribution in [1.82, 2.24) is 0 Å². The van der Waals surface area contributed by atoms with Crippen LogP contribution in [0.1, 0.15) is 75.5 Å². The third-order valence-corrected chi connectivity index (χ3v) is 12.2. The number of aromatic hydroxyl groups is 2. The van der Waals surface area contributed by atoms with E-state index in [-0.39, 0.29) is 44.9 Å². The molecule has 2 bridgehead atoms. The molecule has 3 aliphatic carbocycles. The Kier molecular flexibility index (Phi) is 10.5. The number of phenols is 2. The molecule has 63 heavy (non-hydrogen) atoms. The van der Waals surface area contributed by atoms with Crippen LogP contribution in [0.3, 0.4) is 0 Å². The van der Waals surface area contributed by atoms with Crippen LogP contribution in [0, 0.1) is 0 Å². The molecule has 3 heterocycles. The fourth-order valence-corrected chi connectivity index (χ4v) is 9.27. The number of hydrogen-bond donors (Lipinski definition) is 11. The first-order chi connectivity index (χ1) is 30.0. The van der Waals surface area contributed by atoms with Gasteiger partial charge in [0.2, 0.25) is 24.1 Å². The van der Waals surface area contributed by atoms with Gasteiger partial charge in [0.1, 0.15) is 71.8 Å². The smallest absolute Gasteiger partial charge is 0.335 e. The molecule has 6 aliphatic rings. The summed E-state index contributed by atoms with van der Waals surface area (Å²) in [5.41, 5.74) is -2.59. The highest BCUT2D eigenvalue weighted by molar-refractivity contribution is 6.18. The Morgan fingerprint density at radius 3 is 1.90 bits per heavy atom. The molecular weight excluding hydrogens is 836 g/mol. The number of aromatic carboxylic acids is 2. The van der Waals surface area contributed by atoms with Gasteiger partial charge in [0.15, 0.2) is 0 Å². The third-order valence-electron chi connectivity index (χ3n) is 12.2. The number of aliphatic hydroxyl groups is 7. The molecule has 13 atom stereocenters. The van der Waals surface area contributed by atoms with Gasteiger partial charge in [-0.25, -0.2) is 9.59 Å². The van der Waals surface area contributed by atoms with Crippen LogP contribution in [0.2, 0.25) is 0 Å². The number of carbonyl (C=O) groups excluding carboxylic acids is 2. The summed E-state index contributed by atoms with van der Waals surface area (Å²) >= 11 is 0. The fourth-order valence-electron chi connectivity index (χ4n) is 9.27. The second kappa shape index (κ2) is 15.6. The second-order valence-electron chi connectivity index (χ2n) is 15.8. The van der Waals surface area contributed by atoms with Crippen LogP contribution in [-0.4, -0.2) is 160 Å². The molecule has 11 N–H and O–H groups in total. The minimum Gasteiger partial charge on any atom is -0.507 e. The Morgan fingerprint density at radius 2 is 1.27 bits per heavy atom. The van der Waals surface area contributed by atoms with E-state index in [0.29, 0.717) is 0 Å². The Hall–Kier alpha value is -6.04. The maximum absolute atomic E-state index is 14.9. The van der Waals surface area contributed by atoms with E-state index in [1.165, 1.54) is 36.4 Å². The maximum atomic E-state index is 14.9. The number of fused-ring (bicyclic) bond motifs is 6. The Morgan fingerprint density at radius 1 is 0.667 bits per heavy atom. The molecule has 0 spiro atoms. The molecule has 20 nitrogen and oxygen atoms in total. The maximum Gasteiger partial charge on any atom is 0.335 e. The molecule has 3 aromatic carbocycles. The molecule has 20 heteroatoms. The van der Waals surface area contributed by atoms with E-state index < -0.39 is 150 Å². The van der Waals surface area contributed by atoms with Crippen LogP contribution < -0.4 is 4.74 Å². The highest BCUT2D eigenvalue weighted by Gasteiger charge is 2.52. The number of benzene rings is 3. The quantitative estimate of drug-likeness (QED) is 0.140. The van der Waals surface area contributed by atoms with Crippen molar-refractivity contribution in [2.75, 3.05) is 13.2 Å². The lowest BCUT2D eigenvalue weighted by Crippen LogP contribution is -2.60. The molecule has 13 unspecified atom stereocenters.